The maximum Gasteiger partial charge on any atom is 0.253 e. The molecule has 1 atom stereocenters. The van der Waals surface area contributed by atoms with Crippen molar-refractivity contribution >= 4 is 5.91 Å². The van der Waals surface area contributed by atoms with Crippen molar-refractivity contribution in [2.75, 3.05) is 6.54 Å². The molecule has 0 aliphatic carbocycles. The van der Waals surface area contributed by atoms with Gasteiger partial charge < -0.3 is 5.32 Å². The first kappa shape index (κ1) is 21.2. The van der Waals surface area contributed by atoms with Crippen LogP contribution in [0, 0.1) is 12.7 Å². The van der Waals surface area contributed by atoms with Gasteiger partial charge in [0.05, 0.1) is 29.2 Å². The van der Waals surface area contributed by atoms with Gasteiger partial charge in [-0.05, 0) is 63.1 Å². The maximum absolute atomic E-state index is 13.0. The van der Waals surface area contributed by atoms with Crippen LogP contribution in [0.3, 0.4) is 0 Å². The molecule has 162 valence electrons. The van der Waals surface area contributed by atoms with Gasteiger partial charge in [0.15, 0.2) is 0 Å². The van der Waals surface area contributed by atoms with Gasteiger partial charge in [-0.3, -0.25) is 19.4 Å². The lowest BCUT2D eigenvalue weighted by Crippen LogP contribution is -2.26. The van der Waals surface area contributed by atoms with Crippen molar-refractivity contribution in [1.29, 1.82) is 0 Å². The standard InChI is InChI=1S/C24H28FN5O/c1-3-30-16-19(14-27-30)15-29-12-4-5-23(29)22-11-10-21(17(2)28-22)24(31)26-13-18-6-8-20(25)9-7-18/h6-11,14,16,23H,3-5,12-13,15H2,1-2H3,(H,26,31). The van der Waals surface area contributed by atoms with Crippen LogP contribution in [0.15, 0.2) is 48.8 Å². The van der Waals surface area contributed by atoms with E-state index in [-0.39, 0.29) is 17.8 Å². The van der Waals surface area contributed by atoms with Crippen LogP contribution in [-0.2, 0) is 19.6 Å². The summed E-state index contributed by atoms with van der Waals surface area (Å²) in [5.41, 5.74) is 4.36. The molecule has 1 aliphatic heterocycles. The minimum Gasteiger partial charge on any atom is -0.348 e. The van der Waals surface area contributed by atoms with Crippen LogP contribution in [0.1, 0.15) is 58.7 Å². The minimum atomic E-state index is -0.286. The first-order valence-corrected chi connectivity index (χ1v) is 10.8. The fourth-order valence-corrected chi connectivity index (χ4v) is 4.13. The van der Waals surface area contributed by atoms with Crippen LogP contribution >= 0.6 is 0 Å². The van der Waals surface area contributed by atoms with Gasteiger partial charge >= 0.3 is 0 Å². The lowest BCUT2D eigenvalue weighted by molar-refractivity contribution is 0.0949. The highest BCUT2D eigenvalue weighted by Crippen LogP contribution is 2.32. The van der Waals surface area contributed by atoms with Crippen LogP contribution < -0.4 is 5.32 Å². The molecule has 7 heteroatoms. The third-order valence-electron chi connectivity index (χ3n) is 5.82. The van der Waals surface area contributed by atoms with Gasteiger partial charge in [0.2, 0.25) is 0 Å². The molecule has 0 radical (unpaired) electrons. The van der Waals surface area contributed by atoms with Crippen molar-refractivity contribution in [3.05, 3.63) is 82.7 Å². The topological polar surface area (TPSA) is 63.1 Å². The number of amides is 1. The fourth-order valence-electron chi connectivity index (χ4n) is 4.13. The summed E-state index contributed by atoms with van der Waals surface area (Å²) >= 11 is 0. The first-order chi connectivity index (χ1) is 15.0. The molecular formula is C24H28FN5O. The Balaban J connectivity index is 1.42. The van der Waals surface area contributed by atoms with Crippen LogP contribution in [0.5, 0.6) is 0 Å². The van der Waals surface area contributed by atoms with Crippen LogP contribution in [0.25, 0.3) is 0 Å². The summed E-state index contributed by atoms with van der Waals surface area (Å²) in [6.45, 7) is 7.06. The van der Waals surface area contributed by atoms with E-state index in [1.54, 1.807) is 12.1 Å². The normalized spacial score (nSPS) is 16.5. The third-order valence-corrected chi connectivity index (χ3v) is 5.82. The van der Waals surface area contributed by atoms with E-state index in [4.69, 9.17) is 4.98 Å². The van der Waals surface area contributed by atoms with Gasteiger partial charge in [-0.2, -0.15) is 5.10 Å². The molecule has 31 heavy (non-hydrogen) atoms. The number of aryl methyl sites for hydroxylation is 2. The number of likely N-dealkylation sites (tertiary alicyclic amines) is 1. The molecule has 1 amide bonds. The molecule has 6 nitrogen and oxygen atoms in total. The van der Waals surface area contributed by atoms with E-state index in [9.17, 15) is 9.18 Å². The number of hydrogen-bond donors (Lipinski definition) is 1. The predicted octanol–water partition coefficient (Wildman–Crippen LogP) is 4.01. The first-order valence-electron chi connectivity index (χ1n) is 10.8. The van der Waals surface area contributed by atoms with Gasteiger partial charge in [0.25, 0.3) is 5.91 Å². The highest BCUT2D eigenvalue weighted by Gasteiger charge is 2.28. The third kappa shape index (κ3) is 4.99. The van der Waals surface area contributed by atoms with Gasteiger partial charge in [0, 0.05) is 31.4 Å². The molecule has 0 bridgehead atoms. The molecule has 1 unspecified atom stereocenters. The number of rotatable bonds is 7. The van der Waals surface area contributed by atoms with Crippen LogP contribution in [0.4, 0.5) is 4.39 Å². The van der Waals surface area contributed by atoms with E-state index in [0.717, 1.165) is 49.4 Å². The van der Waals surface area contributed by atoms with Gasteiger partial charge in [0.1, 0.15) is 5.82 Å². The second kappa shape index (κ2) is 9.39. The van der Waals surface area contributed by atoms with E-state index in [0.29, 0.717) is 12.1 Å². The second-order valence-electron chi connectivity index (χ2n) is 8.01. The summed E-state index contributed by atoms with van der Waals surface area (Å²) in [6, 6.07) is 10.2. The molecule has 3 aromatic rings. The zero-order valence-corrected chi connectivity index (χ0v) is 18.0. The highest BCUT2D eigenvalue weighted by atomic mass is 19.1. The van der Waals surface area contributed by atoms with Crippen LogP contribution in [0.2, 0.25) is 0 Å². The van der Waals surface area contributed by atoms with Gasteiger partial charge in [-0.15, -0.1) is 0 Å². The molecule has 0 saturated carbocycles. The largest absolute Gasteiger partial charge is 0.348 e. The molecule has 4 rings (SSSR count). The Morgan fingerprint density at radius 3 is 2.71 bits per heavy atom. The number of nitrogens with one attached hydrogen (secondary N) is 1. The Hall–Kier alpha value is -3.06. The summed E-state index contributed by atoms with van der Waals surface area (Å²) in [5.74, 6) is -0.456. The Labute approximate surface area is 182 Å². The zero-order valence-electron chi connectivity index (χ0n) is 18.0. The molecule has 0 spiro atoms. The molecular weight excluding hydrogens is 393 g/mol. The molecule has 1 aromatic carbocycles. The average molecular weight is 422 g/mol. The predicted molar refractivity (Wildman–Crippen MR) is 117 cm³/mol. The Morgan fingerprint density at radius 2 is 2.00 bits per heavy atom. The summed E-state index contributed by atoms with van der Waals surface area (Å²) in [6.07, 6.45) is 6.23. The van der Waals surface area contributed by atoms with Crippen molar-refractivity contribution in [1.82, 2.24) is 25.0 Å². The Kier molecular flexibility index (Phi) is 6.42. The lowest BCUT2D eigenvalue weighted by Gasteiger charge is -2.24. The smallest absolute Gasteiger partial charge is 0.253 e. The maximum atomic E-state index is 13.0. The number of benzene rings is 1. The summed E-state index contributed by atoms with van der Waals surface area (Å²) in [4.78, 5) is 19.9. The fraction of sp³-hybridized carbons (Fsp3) is 0.375. The molecule has 1 fully saturated rings. The molecule has 1 aliphatic rings. The number of nitrogens with zero attached hydrogens (tertiary/aromatic N) is 4. The summed E-state index contributed by atoms with van der Waals surface area (Å²) in [7, 11) is 0. The number of hydrogen-bond acceptors (Lipinski definition) is 4. The number of carbonyl (C=O) groups excluding carboxylic acids is 1. The van der Waals surface area contributed by atoms with Gasteiger partial charge in [-0.25, -0.2) is 4.39 Å². The van der Waals surface area contributed by atoms with Crippen molar-refractivity contribution in [3.63, 3.8) is 0 Å². The molecule has 1 saturated heterocycles. The monoisotopic (exact) mass is 421 g/mol. The van der Waals surface area contributed by atoms with E-state index < -0.39 is 0 Å². The Bertz CT molecular complexity index is 1050. The second-order valence-corrected chi connectivity index (χ2v) is 8.01. The quantitative estimate of drug-likeness (QED) is 0.626. The number of pyridine rings is 1. The summed E-state index contributed by atoms with van der Waals surface area (Å²) in [5, 5.41) is 7.27. The van der Waals surface area contributed by atoms with Crippen molar-refractivity contribution < 1.29 is 9.18 Å². The number of aromatic nitrogens is 3. The lowest BCUT2D eigenvalue weighted by atomic mass is 10.1. The molecule has 3 heterocycles. The van der Waals surface area contributed by atoms with Crippen molar-refractivity contribution in [2.45, 2.75) is 52.4 Å². The average Bonchev–Trinajstić information content (AvgIpc) is 3.42. The van der Waals surface area contributed by atoms with E-state index in [2.05, 4.69) is 28.4 Å². The van der Waals surface area contributed by atoms with Crippen LogP contribution in [-0.4, -0.2) is 32.1 Å². The van der Waals surface area contributed by atoms with E-state index in [1.165, 1.54) is 17.7 Å². The van der Waals surface area contributed by atoms with Crippen molar-refractivity contribution in [2.24, 2.45) is 0 Å². The molecule has 2 aromatic heterocycles. The Morgan fingerprint density at radius 1 is 1.19 bits per heavy atom. The minimum absolute atomic E-state index is 0.170. The van der Waals surface area contributed by atoms with E-state index >= 15 is 0 Å². The number of halogens is 1. The van der Waals surface area contributed by atoms with Crippen molar-refractivity contribution in [3.8, 4) is 0 Å². The highest BCUT2D eigenvalue weighted by molar-refractivity contribution is 5.95. The van der Waals surface area contributed by atoms with Gasteiger partial charge in [-0.1, -0.05) is 12.1 Å². The SMILES string of the molecule is CCn1cc(CN2CCCC2c2ccc(C(=O)NCc3ccc(F)cc3)c(C)n2)cn1. The number of carbonyl (C=O) groups is 1. The molecule has 1 N–H and O–H groups in total. The van der Waals surface area contributed by atoms with E-state index in [1.807, 2.05) is 29.9 Å². The summed E-state index contributed by atoms with van der Waals surface area (Å²) < 4.78 is 15.0. The zero-order chi connectivity index (χ0) is 21.8.